The lowest BCUT2D eigenvalue weighted by atomic mass is 10.1. The highest BCUT2D eigenvalue weighted by atomic mass is 16.5. The first kappa shape index (κ1) is 7.94. The van der Waals surface area contributed by atoms with Crippen LogP contribution in [0.3, 0.4) is 0 Å². The Morgan fingerprint density at radius 2 is 2.40 bits per heavy atom. The van der Waals surface area contributed by atoms with Crippen LogP contribution in [0, 0.1) is 0 Å². The highest BCUT2D eigenvalue weighted by Gasteiger charge is 2.19. The van der Waals surface area contributed by atoms with E-state index in [1.165, 1.54) is 0 Å². The summed E-state index contributed by atoms with van der Waals surface area (Å²) < 4.78 is 5.24. The third-order valence-corrected chi connectivity index (χ3v) is 1.81. The number of rotatable bonds is 2. The summed E-state index contributed by atoms with van der Waals surface area (Å²) in [6.45, 7) is 0.735. The molecule has 4 heteroatoms. The number of nitrogens with one attached hydrogen (secondary N) is 1. The molecule has 1 fully saturated rings. The first-order valence-corrected chi connectivity index (χ1v) is 3.55. The minimum absolute atomic E-state index is 0.0320. The van der Waals surface area contributed by atoms with Crippen LogP contribution in [0.2, 0.25) is 0 Å². The molecule has 0 saturated carbocycles. The van der Waals surface area contributed by atoms with Crippen LogP contribution < -0.4 is 11.3 Å². The zero-order valence-corrected chi connectivity index (χ0v) is 5.92. The summed E-state index contributed by atoms with van der Waals surface area (Å²) in [6.07, 6.45) is 1.91. The summed E-state index contributed by atoms with van der Waals surface area (Å²) in [7, 11) is 0. The van der Waals surface area contributed by atoms with E-state index in [0.717, 1.165) is 12.8 Å². The highest BCUT2D eigenvalue weighted by Crippen LogP contribution is 2.11. The van der Waals surface area contributed by atoms with Gasteiger partial charge < -0.3 is 9.84 Å². The van der Waals surface area contributed by atoms with Crippen molar-refractivity contribution in [2.45, 2.75) is 25.0 Å². The van der Waals surface area contributed by atoms with Crippen LogP contribution >= 0.6 is 0 Å². The van der Waals surface area contributed by atoms with E-state index in [1.54, 1.807) is 0 Å². The fourth-order valence-electron chi connectivity index (χ4n) is 1.08. The van der Waals surface area contributed by atoms with E-state index in [9.17, 15) is 0 Å². The fraction of sp³-hybridized carbons (Fsp3) is 1.00. The molecule has 0 aromatic rings. The van der Waals surface area contributed by atoms with Crippen molar-refractivity contribution in [3.8, 4) is 0 Å². The van der Waals surface area contributed by atoms with Crippen LogP contribution in [-0.4, -0.2) is 30.5 Å². The van der Waals surface area contributed by atoms with Crippen molar-refractivity contribution in [3.05, 3.63) is 0 Å². The van der Waals surface area contributed by atoms with Gasteiger partial charge in [-0.25, -0.2) is 0 Å². The summed E-state index contributed by atoms with van der Waals surface area (Å²) in [5.41, 5.74) is 2.64. The number of aliphatic hydroxyl groups excluding tert-OH is 1. The highest BCUT2D eigenvalue weighted by molar-refractivity contribution is 4.72. The van der Waals surface area contributed by atoms with Gasteiger partial charge in [0.25, 0.3) is 0 Å². The monoisotopic (exact) mass is 146 g/mol. The SMILES string of the molecule is NN[C@@H]1CC[C@@H](CO)OC1. The van der Waals surface area contributed by atoms with Crippen molar-refractivity contribution in [1.82, 2.24) is 5.43 Å². The maximum absolute atomic E-state index is 8.67. The predicted molar refractivity (Wildman–Crippen MR) is 37.2 cm³/mol. The second kappa shape index (κ2) is 3.88. The van der Waals surface area contributed by atoms with E-state index in [-0.39, 0.29) is 18.8 Å². The van der Waals surface area contributed by atoms with E-state index in [2.05, 4.69) is 5.43 Å². The number of hydrogen-bond donors (Lipinski definition) is 3. The fourth-order valence-corrected chi connectivity index (χ4v) is 1.08. The normalized spacial score (nSPS) is 34.2. The molecule has 60 valence electrons. The molecule has 0 amide bonds. The second-order valence-corrected chi connectivity index (χ2v) is 2.58. The van der Waals surface area contributed by atoms with Crippen LogP contribution in [0.5, 0.6) is 0 Å². The van der Waals surface area contributed by atoms with Crippen LogP contribution in [-0.2, 0) is 4.74 Å². The molecule has 1 heterocycles. The van der Waals surface area contributed by atoms with Crippen LogP contribution in [0.4, 0.5) is 0 Å². The Balaban J connectivity index is 2.17. The van der Waals surface area contributed by atoms with Gasteiger partial charge in [0, 0.05) is 6.04 Å². The molecule has 1 aliphatic heterocycles. The van der Waals surface area contributed by atoms with E-state index in [1.807, 2.05) is 0 Å². The number of ether oxygens (including phenoxy) is 1. The molecule has 0 spiro atoms. The third kappa shape index (κ3) is 1.91. The molecular formula is C6H14N2O2. The van der Waals surface area contributed by atoms with Gasteiger partial charge in [0.05, 0.1) is 19.3 Å². The van der Waals surface area contributed by atoms with Gasteiger partial charge >= 0.3 is 0 Å². The number of hydrazine groups is 1. The Hall–Kier alpha value is -0.160. The van der Waals surface area contributed by atoms with E-state index in [4.69, 9.17) is 15.7 Å². The number of aliphatic hydroxyl groups is 1. The summed E-state index contributed by atoms with van der Waals surface area (Å²) in [4.78, 5) is 0. The lowest BCUT2D eigenvalue weighted by Gasteiger charge is -2.26. The molecule has 0 aliphatic carbocycles. The molecule has 1 rings (SSSR count). The Bertz CT molecular complexity index is 79.7. The molecule has 2 atom stereocenters. The van der Waals surface area contributed by atoms with Crippen molar-refractivity contribution >= 4 is 0 Å². The molecule has 10 heavy (non-hydrogen) atoms. The minimum Gasteiger partial charge on any atom is -0.394 e. The van der Waals surface area contributed by atoms with Gasteiger partial charge in [-0.15, -0.1) is 0 Å². The van der Waals surface area contributed by atoms with E-state index in [0.29, 0.717) is 6.61 Å². The molecule has 0 unspecified atom stereocenters. The number of nitrogens with two attached hydrogens (primary N) is 1. The Morgan fingerprint density at radius 1 is 1.60 bits per heavy atom. The van der Waals surface area contributed by atoms with Crippen molar-refractivity contribution in [2.24, 2.45) is 5.84 Å². The van der Waals surface area contributed by atoms with Crippen molar-refractivity contribution in [1.29, 1.82) is 0 Å². The lowest BCUT2D eigenvalue weighted by molar-refractivity contribution is -0.0316. The predicted octanol–water partition coefficient (Wildman–Crippen LogP) is -1.01. The zero-order valence-electron chi connectivity index (χ0n) is 5.92. The van der Waals surface area contributed by atoms with Gasteiger partial charge in [-0.3, -0.25) is 11.3 Å². The Labute approximate surface area is 60.3 Å². The van der Waals surface area contributed by atoms with Crippen LogP contribution in [0.25, 0.3) is 0 Å². The van der Waals surface area contributed by atoms with Gasteiger partial charge in [-0.2, -0.15) is 0 Å². The first-order valence-electron chi connectivity index (χ1n) is 3.55. The van der Waals surface area contributed by atoms with Crippen LogP contribution in [0.1, 0.15) is 12.8 Å². The second-order valence-electron chi connectivity index (χ2n) is 2.58. The summed E-state index contributed by atoms with van der Waals surface area (Å²) in [5, 5.41) is 8.67. The van der Waals surface area contributed by atoms with E-state index >= 15 is 0 Å². The standard InChI is InChI=1S/C6H14N2O2/c7-8-5-1-2-6(3-9)10-4-5/h5-6,8-9H,1-4,7H2/t5-,6+/m1/s1. The van der Waals surface area contributed by atoms with Gasteiger partial charge in [-0.1, -0.05) is 0 Å². The summed E-state index contributed by atoms with van der Waals surface area (Å²) >= 11 is 0. The quantitative estimate of drug-likeness (QED) is 0.345. The molecule has 0 aromatic carbocycles. The Kier molecular flexibility index (Phi) is 3.08. The first-order chi connectivity index (χ1) is 4.86. The average Bonchev–Trinajstić information content (AvgIpc) is 2.05. The van der Waals surface area contributed by atoms with E-state index < -0.39 is 0 Å². The molecule has 0 bridgehead atoms. The maximum atomic E-state index is 8.67. The van der Waals surface area contributed by atoms with Crippen molar-refractivity contribution in [2.75, 3.05) is 13.2 Å². The smallest absolute Gasteiger partial charge is 0.0807 e. The molecule has 1 saturated heterocycles. The summed E-state index contributed by atoms with van der Waals surface area (Å²) in [6, 6.07) is 0.266. The molecule has 1 aliphatic rings. The average molecular weight is 146 g/mol. The lowest BCUT2D eigenvalue weighted by Crippen LogP contribution is -2.44. The van der Waals surface area contributed by atoms with Crippen molar-refractivity contribution in [3.63, 3.8) is 0 Å². The molecule has 4 nitrogen and oxygen atoms in total. The molecular weight excluding hydrogens is 132 g/mol. The maximum Gasteiger partial charge on any atom is 0.0807 e. The molecule has 4 N–H and O–H groups in total. The number of hydrogen-bond acceptors (Lipinski definition) is 4. The summed E-state index contributed by atoms with van der Waals surface area (Å²) in [5.74, 6) is 5.20. The van der Waals surface area contributed by atoms with Crippen LogP contribution in [0.15, 0.2) is 0 Å². The molecule has 0 aromatic heterocycles. The minimum atomic E-state index is 0.0320. The van der Waals surface area contributed by atoms with Gasteiger partial charge in [0.1, 0.15) is 0 Å². The Morgan fingerprint density at radius 3 is 2.80 bits per heavy atom. The van der Waals surface area contributed by atoms with Gasteiger partial charge in [-0.05, 0) is 12.8 Å². The van der Waals surface area contributed by atoms with Gasteiger partial charge in [0.15, 0.2) is 0 Å². The van der Waals surface area contributed by atoms with Crippen molar-refractivity contribution < 1.29 is 9.84 Å². The largest absolute Gasteiger partial charge is 0.394 e. The zero-order chi connectivity index (χ0) is 7.40. The topological polar surface area (TPSA) is 67.5 Å². The third-order valence-electron chi connectivity index (χ3n) is 1.81. The molecule has 0 radical (unpaired) electrons. The van der Waals surface area contributed by atoms with Gasteiger partial charge in [0.2, 0.25) is 0 Å².